The quantitative estimate of drug-likeness (QED) is 0.590. The number of carbonyl (C=O) groups excluding carboxylic acids is 1. The molecule has 5 nitrogen and oxygen atoms in total. The number of sulfone groups is 1. The number of nitrogens with zero attached hydrogens (tertiary/aromatic N) is 1. The van der Waals surface area contributed by atoms with Gasteiger partial charge in [0.1, 0.15) is 5.76 Å². The number of carbonyl (C=O) groups is 1. The number of hydrogen-bond donors (Lipinski definition) is 0. The summed E-state index contributed by atoms with van der Waals surface area (Å²) in [7, 11) is -3.63. The molecule has 0 N–H and O–H groups in total. The Kier molecular flexibility index (Phi) is 4.29. The molecule has 122 valence electrons. The van der Waals surface area contributed by atoms with Crippen LogP contribution in [0.4, 0.5) is 0 Å². The van der Waals surface area contributed by atoms with E-state index in [1.54, 1.807) is 12.3 Å². The van der Waals surface area contributed by atoms with Crippen LogP contribution in [0.1, 0.15) is 40.6 Å². The van der Waals surface area contributed by atoms with Crippen molar-refractivity contribution in [2.45, 2.75) is 28.6 Å². The molecule has 1 aliphatic carbocycles. The van der Waals surface area contributed by atoms with Gasteiger partial charge in [-0.15, -0.1) is 11.8 Å². The summed E-state index contributed by atoms with van der Waals surface area (Å²) in [5, 5.41) is 4.10. The zero-order chi connectivity index (χ0) is 16.8. The van der Waals surface area contributed by atoms with Crippen molar-refractivity contribution in [3.63, 3.8) is 0 Å². The lowest BCUT2D eigenvalue weighted by Crippen LogP contribution is -2.11. The topological polar surface area (TPSA) is 77.2 Å². The van der Waals surface area contributed by atoms with Crippen LogP contribution in [0.3, 0.4) is 0 Å². The van der Waals surface area contributed by atoms with Crippen molar-refractivity contribution in [1.29, 1.82) is 0 Å². The highest BCUT2D eigenvalue weighted by Gasteiger charge is 2.31. The summed E-state index contributed by atoms with van der Waals surface area (Å²) in [4.78, 5) is 13.0. The molecule has 23 heavy (non-hydrogen) atoms. The molecule has 0 spiro atoms. The van der Waals surface area contributed by atoms with Gasteiger partial charge in [-0.3, -0.25) is 4.79 Å². The average molecular weight is 372 g/mol. The number of ketones is 1. The van der Waals surface area contributed by atoms with Crippen molar-refractivity contribution in [2.75, 3.05) is 12.5 Å². The minimum Gasteiger partial charge on any atom is -0.360 e. The molecule has 2 aromatic rings. The highest BCUT2D eigenvalue weighted by molar-refractivity contribution is 7.99. The van der Waals surface area contributed by atoms with E-state index in [4.69, 9.17) is 16.1 Å². The van der Waals surface area contributed by atoms with Gasteiger partial charge in [0, 0.05) is 28.7 Å². The van der Waals surface area contributed by atoms with E-state index in [0.717, 1.165) is 19.1 Å². The van der Waals surface area contributed by atoms with Gasteiger partial charge in [0.15, 0.2) is 15.5 Å². The van der Waals surface area contributed by atoms with Crippen LogP contribution in [-0.2, 0) is 9.84 Å². The molecule has 1 fully saturated rings. The minimum absolute atomic E-state index is 0.0570. The minimum atomic E-state index is -3.63. The van der Waals surface area contributed by atoms with E-state index < -0.39 is 15.6 Å². The summed E-state index contributed by atoms with van der Waals surface area (Å²) in [6.45, 7) is 0. The first-order valence-corrected chi connectivity index (χ1v) is 10.4. The van der Waals surface area contributed by atoms with E-state index in [1.165, 1.54) is 23.9 Å². The Hall–Kier alpha value is -1.31. The van der Waals surface area contributed by atoms with Gasteiger partial charge in [0.25, 0.3) is 0 Å². The first-order chi connectivity index (χ1) is 10.8. The third-order valence-corrected chi connectivity index (χ3v) is 6.18. The smallest absolute Gasteiger partial charge is 0.216 e. The molecule has 0 amide bonds. The Morgan fingerprint density at radius 2 is 2.09 bits per heavy atom. The molecule has 3 rings (SSSR count). The molecule has 0 radical (unpaired) electrons. The number of halogens is 1. The van der Waals surface area contributed by atoms with Gasteiger partial charge >= 0.3 is 0 Å². The SMILES string of the molecule is CSc1c(Cl)ccc(C(=O)c2cc(C3CC3)on2)c1S(C)(=O)=O. The molecule has 0 saturated heterocycles. The van der Waals surface area contributed by atoms with E-state index in [0.29, 0.717) is 21.6 Å². The number of rotatable bonds is 5. The molecule has 1 aliphatic rings. The van der Waals surface area contributed by atoms with Gasteiger partial charge in [-0.2, -0.15) is 0 Å². The van der Waals surface area contributed by atoms with Crippen molar-refractivity contribution in [3.05, 3.63) is 40.2 Å². The summed E-state index contributed by atoms with van der Waals surface area (Å²) in [5.74, 6) is 0.520. The van der Waals surface area contributed by atoms with Gasteiger partial charge in [0.2, 0.25) is 5.78 Å². The number of thioether (sulfide) groups is 1. The predicted octanol–water partition coefficient (Wildman–Crippen LogP) is 3.56. The monoisotopic (exact) mass is 371 g/mol. The zero-order valence-electron chi connectivity index (χ0n) is 12.5. The van der Waals surface area contributed by atoms with Crippen LogP contribution in [0.5, 0.6) is 0 Å². The number of aromatic nitrogens is 1. The average Bonchev–Trinajstić information content (AvgIpc) is 3.22. The molecule has 1 heterocycles. The Morgan fingerprint density at radius 3 is 2.65 bits per heavy atom. The molecule has 8 heteroatoms. The lowest BCUT2D eigenvalue weighted by molar-refractivity contribution is 0.102. The molecule has 1 aromatic heterocycles. The molecular formula is C15H14ClNO4S2. The van der Waals surface area contributed by atoms with Crippen molar-refractivity contribution < 1.29 is 17.7 Å². The van der Waals surface area contributed by atoms with Crippen LogP contribution < -0.4 is 0 Å². The highest BCUT2D eigenvalue weighted by Crippen LogP contribution is 2.41. The lowest BCUT2D eigenvalue weighted by atomic mass is 10.1. The van der Waals surface area contributed by atoms with Gasteiger partial charge in [0.05, 0.1) is 9.92 Å². The van der Waals surface area contributed by atoms with Gasteiger partial charge < -0.3 is 4.52 Å². The molecular weight excluding hydrogens is 358 g/mol. The van der Waals surface area contributed by atoms with Crippen molar-refractivity contribution >= 4 is 39.0 Å². The van der Waals surface area contributed by atoms with E-state index >= 15 is 0 Å². The van der Waals surface area contributed by atoms with Crippen LogP contribution in [0.25, 0.3) is 0 Å². The van der Waals surface area contributed by atoms with Gasteiger partial charge in [-0.1, -0.05) is 16.8 Å². The van der Waals surface area contributed by atoms with E-state index in [-0.39, 0.29) is 16.2 Å². The zero-order valence-corrected chi connectivity index (χ0v) is 14.9. The van der Waals surface area contributed by atoms with Crippen molar-refractivity contribution in [2.24, 2.45) is 0 Å². The Labute approximate surface area is 143 Å². The normalized spacial score (nSPS) is 14.9. The fraction of sp³-hybridized carbons (Fsp3) is 0.333. The second-order valence-corrected chi connectivity index (χ2v) is 8.62. The van der Waals surface area contributed by atoms with Gasteiger partial charge in [-0.25, -0.2) is 8.42 Å². The largest absolute Gasteiger partial charge is 0.360 e. The molecule has 0 atom stereocenters. The summed E-state index contributed by atoms with van der Waals surface area (Å²) in [6, 6.07) is 4.54. The van der Waals surface area contributed by atoms with E-state index in [2.05, 4.69) is 5.16 Å². The fourth-order valence-electron chi connectivity index (χ4n) is 2.37. The summed E-state index contributed by atoms with van der Waals surface area (Å²) >= 11 is 7.27. The second kappa shape index (κ2) is 5.96. The number of benzene rings is 1. The van der Waals surface area contributed by atoms with Crippen LogP contribution in [0, 0.1) is 0 Å². The van der Waals surface area contributed by atoms with E-state index in [1.807, 2.05) is 0 Å². The first kappa shape index (κ1) is 16.5. The van der Waals surface area contributed by atoms with Crippen molar-refractivity contribution in [3.8, 4) is 0 Å². The van der Waals surface area contributed by atoms with E-state index in [9.17, 15) is 13.2 Å². The summed E-state index contributed by atoms with van der Waals surface area (Å²) in [5.41, 5.74) is 0.183. The maximum absolute atomic E-state index is 12.7. The molecule has 0 bridgehead atoms. The molecule has 1 aromatic carbocycles. The number of hydrogen-bond acceptors (Lipinski definition) is 6. The fourth-order valence-corrected chi connectivity index (χ4v) is 5.08. The Bertz CT molecular complexity index is 885. The van der Waals surface area contributed by atoms with Crippen molar-refractivity contribution in [1.82, 2.24) is 5.16 Å². The summed E-state index contributed by atoms with van der Waals surface area (Å²) < 4.78 is 29.5. The standard InChI is InChI=1S/C15H14ClNO4S2/c1-22-14-10(16)6-5-9(15(14)23(2,19)20)13(18)11-7-12(21-17-11)8-3-4-8/h5-8H,3-4H2,1-2H3. The second-order valence-electron chi connectivity index (χ2n) is 5.45. The Morgan fingerprint density at radius 1 is 1.39 bits per heavy atom. The van der Waals surface area contributed by atoms with Gasteiger partial charge in [-0.05, 0) is 31.2 Å². The maximum atomic E-state index is 12.7. The third kappa shape index (κ3) is 3.18. The molecule has 0 unspecified atom stereocenters. The first-order valence-electron chi connectivity index (χ1n) is 6.90. The molecule has 1 saturated carbocycles. The van der Waals surface area contributed by atoms with Crippen LogP contribution >= 0.6 is 23.4 Å². The molecule has 0 aliphatic heterocycles. The maximum Gasteiger partial charge on any atom is 0.216 e. The predicted molar refractivity (Wildman–Crippen MR) is 88.3 cm³/mol. The third-order valence-electron chi connectivity index (χ3n) is 3.62. The van der Waals surface area contributed by atoms with Crippen LogP contribution in [0.2, 0.25) is 5.02 Å². The highest BCUT2D eigenvalue weighted by atomic mass is 35.5. The van der Waals surface area contributed by atoms with Crippen LogP contribution in [-0.4, -0.2) is 31.9 Å². The summed E-state index contributed by atoms with van der Waals surface area (Å²) in [6.07, 6.45) is 4.82. The lowest BCUT2D eigenvalue weighted by Gasteiger charge is -2.12. The Balaban J connectivity index is 2.12. The van der Waals surface area contributed by atoms with Crippen LogP contribution in [0.15, 0.2) is 32.5 Å².